The Balaban J connectivity index is 1.74. The Morgan fingerprint density at radius 3 is 2.31 bits per heavy atom. The lowest BCUT2D eigenvalue weighted by atomic mass is 10.2. The number of benzene rings is 2. The van der Waals surface area contributed by atoms with E-state index in [0.717, 1.165) is 44.5 Å². The second-order valence-electron chi connectivity index (χ2n) is 7.33. The topological polar surface area (TPSA) is 63.1 Å². The smallest absolute Gasteiger partial charge is 0.282 e. The van der Waals surface area contributed by atoms with Crippen LogP contribution in [0.25, 0.3) is 17.1 Å². The van der Waals surface area contributed by atoms with Crippen molar-refractivity contribution >= 4 is 29.1 Å². The van der Waals surface area contributed by atoms with E-state index < -0.39 is 17.6 Å². The normalized spacial score (nSPS) is 15.0. The molecule has 1 aliphatic rings. The number of amides is 1. The van der Waals surface area contributed by atoms with Gasteiger partial charge in [-0.05, 0) is 55.3 Å². The first-order valence-corrected chi connectivity index (χ1v) is 10.6. The zero-order chi connectivity index (χ0) is 22.9. The summed E-state index contributed by atoms with van der Waals surface area (Å²) in [6.45, 7) is 1.45. The lowest BCUT2D eigenvalue weighted by Gasteiger charge is -2.26. The van der Waals surface area contributed by atoms with E-state index >= 15 is 0 Å². The van der Waals surface area contributed by atoms with Crippen molar-refractivity contribution in [2.24, 2.45) is 0 Å². The van der Waals surface area contributed by atoms with Gasteiger partial charge < -0.3 is 0 Å². The van der Waals surface area contributed by atoms with Crippen LogP contribution >= 0.6 is 23.2 Å². The molecule has 0 radical (unpaired) electrons. The highest BCUT2D eigenvalue weighted by atomic mass is 35.5. The Kier molecular flexibility index (Phi) is 6.41. The van der Waals surface area contributed by atoms with Crippen LogP contribution in [0.4, 0.5) is 13.2 Å². The Bertz CT molecular complexity index is 1130. The summed E-state index contributed by atoms with van der Waals surface area (Å²) < 4.78 is 40.2. The summed E-state index contributed by atoms with van der Waals surface area (Å²) in [5, 5.41) is 6.75. The summed E-state index contributed by atoms with van der Waals surface area (Å²) in [5.74, 6) is -0.435. The zero-order valence-corrected chi connectivity index (χ0v) is 18.2. The van der Waals surface area contributed by atoms with Crippen LogP contribution in [0, 0.1) is 0 Å². The van der Waals surface area contributed by atoms with Gasteiger partial charge in [-0.3, -0.25) is 10.2 Å². The number of carbonyl (C=O) groups excluding carboxylic acids is 1. The molecule has 168 valence electrons. The van der Waals surface area contributed by atoms with Gasteiger partial charge in [0.15, 0.2) is 5.82 Å². The van der Waals surface area contributed by atoms with E-state index in [-0.39, 0.29) is 16.7 Å². The average Bonchev–Trinajstić information content (AvgIpc) is 3.19. The molecule has 1 fully saturated rings. The molecule has 0 aliphatic carbocycles. The van der Waals surface area contributed by atoms with E-state index in [0.29, 0.717) is 16.3 Å². The number of hydrogen-bond acceptors (Lipinski definition) is 4. The van der Waals surface area contributed by atoms with E-state index in [1.165, 1.54) is 22.9 Å². The van der Waals surface area contributed by atoms with E-state index in [4.69, 9.17) is 23.2 Å². The molecule has 11 heteroatoms. The summed E-state index contributed by atoms with van der Waals surface area (Å²) in [4.78, 5) is 17.1. The fourth-order valence-electron chi connectivity index (χ4n) is 3.42. The molecule has 0 bridgehead atoms. The van der Waals surface area contributed by atoms with Gasteiger partial charge in [0.2, 0.25) is 5.82 Å². The highest BCUT2D eigenvalue weighted by molar-refractivity contribution is 6.36. The fourth-order valence-corrected chi connectivity index (χ4v) is 3.92. The lowest BCUT2D eigenvalue weighted by Crippen LogP contribution is -2.45. The minimum atomic E-state index is -4.47. The van der Waals surface area contributed by atoms with E-state index in [1.54, 1.807) is 17.1 Å². The Morgan fingerprint density at radius 1 is 1.00 bits per heavy atom. The minimum absolute atomic E-state index is 0.128. The lowest BCUT2D eigenvalue weighted by molar-refractivity contribution is -0.137. The summed E-state index contributed by atoms with van der Waals surface area (Å²) >= 11 is 12.3. The third-order valence-electron chi connectivity index (χ3n) is 5.04. The maximum Gasteiger partial charge on any atom is 0.416 e. The largest absolute Gasteiger partial charge is 0.416 e. The van der Waals surface area contributed by atoms with Crippen molar-refractivity contribution in [3.8, 4) is 17.1 Å². The molecule has 1 aromatic heterocycles. The first-order chi connectivity index (χ1) is 15.2. The van der Waals surface area contributed by atoms with Gasteiger partial charge in [0, 0.05) is 23.7 Å². The SMILES string of the molecule is O=C(NN1CCCCC1)c1nc(-c2ccc(Cl)cc2Cl)n(-c2ccc(C(F)(F)F)cc2)n1. The molecule has 2 aromatic carbocycles. The van der Waals surface area contributed by atoms with Crippen molar-refractivity contribution < 1.29 is 18.0 Å². The van der Waals surface area contributed by atoms with Gasteiger partial charge in [0.25, 0.3) is 0 Å². The van der Waals surface area contributed by atoms with Crippen LogP contribution in [-0.2, 0) is 6.18 Å². The van der Waals surface area contributed by atoms with Gasteiger partial charge >= 0.3 is 12.1 Å². The Labute approximate surface area is 191 Å². The molecule has 1 N–H and O–H groups in total. The van der Waals surface area contributed by atoms with Crippen LogP contribution in [0.5, 0.6) is 0 Å². The van der Waals surface area contributed by atoms with Crippen LogP contribution in [0.3, 0.4) is 0 Å². The highest BCUT2D eigenvalue weighted by Crippen LogP contribution is 2.32. The molecule has 0 unspecified atom stereocenters. The average molecular weight is 484 g/mol. The van der Waals surface area contributed by atoms with Crippen LogP contribution in [0.15, 0.2) is 42.5 Å². The Hall–Kier alpha value is -2.62. The number of nitrogens with zero attached hydrogens (tertiary/aromatic N) is 4. The third kappa shape index (κ3) is 4.90. The van der Waals surface area contributed by atoms with Crippen molar-refractivity contribution in [1.29, 1.82) is 0 Å². The molecule has 0 spiro atoms. The molecular weight excluding hydrogens is 466 g/mol. The predicted molar refractivity (Wildman–Crippen MR) is 115 cm³/mol. The molecule has 3 aromatic rings. The Morgan fingerprint density at radius 2 is 1.69 bits per heavy atom. The van der Waals surface area contributed by atoms with Gasteiger partial charge in [-0.1, -0.05) is 29.6 Å². The van der Waals surface area contributed by atoms with Gasteiger partial charge in [-0.25, -0.2) is 14.7 Å². The molecule has 6 nitrogen and oxygen atoms in total. The number of halogens is 5. The number of hydrazine groups is 1. The van der Waals surface area contributed by atoms with Gasteiger partial charge in [-0.2, -0.15) is 13.2 Å². The molecule has 4 rings (SSSR count). The summed E-state index contributed by atoms with van der Waals surface area (Å²) in [7, 11) is 0. The minimum Gasteiger partial charge on any atom is -0.282 e. The number of piperidine rings is 1. The maximum absolute atomic E-state index is 13.0. The quantitative estimate of drug-likeness (QED) is 0.540. The monoisotopic (exact) mass is 483 g/mol. The first-order valence-electron chi connectivity index (χ1n) is 9.88. The fraction of sp³-hybridized carbons (Fsp3) is 0.286. The predicted octanol–water partition coefficient (Wildman–Crippen LogP) is 5.39. The first kappa shape index (κ1) is 22.6. The van der Waals surface area contributed by atoms with Crippen LogP contribution in [0.2, 0.25) is 10.0 Å². The third-order valence-corrected chi connectivity index (χ3v) is 5.59. The van der Waals surface area contributed by atoms with Crippen LogP contribution < -0.4 is 5.43 Å². The molecule has 2 heterocycles. The molecular formula is C21H18Cl2F3N5O. The van der Waals surface area contributed by atoms with Crippen molar-refractivity contribution in [1.82, 2.24) is 25.2 Å². The summed E-state index contributed by atoms with van der Waals surface area (Å²) in [6, 6.07) is 9.13. The molecule has 0 atom stereocenters. The van der Waals surface area contributed by atoms with Gasteiger partial charge in [0.1, 0.15) is 0 Å². The second-order valence-corrected chi connectivity index (χ2v) is 8.17. The number of carbonyl (C=O) groups is 1. The standard InChI is InChI=1S/C21H18Cl2F3N5O/c22-14-6-9-16(17(23)12-14)19-27-18(20(32)29-30-10-2-1-3-11-30)28-31(19)15-7-4-13(5-8-15)21(24,25)26/h4-9,12H,1-3,10-11H2,(H,29,32). The number of nitrogens with one attached hydrogen (secondary N) is 1. The van der Waals surface area contributed by atoms with Crippen molar-refractivity contribution in [2.45, 2.75) is 25.4 Å². The van der Waals surface area contributed by atoms with E-state index in [2.05, 4.69) is 15.5 Å². The van der Waals surface area contributed by atoms with Crippen molar-refractivity contribution in [3.63, 3.8) is 0 Å². The van der Waals surface area contributed by atoms with Crippen LogP contribution in [0.1, 0.15) is 35.4 Å². The maximum atomic E-state index is 13.0. The molecule has 0 saturated carbocycles. The zero-order valence-electron chi connectivity index (χ0n) is 16.7. The van der Waals surface area contributed by atoms with Crippen molar-refractivity contribution in [2.75, 3.05) is 13.1 Å². The summed E-state index contributed by atoms with van der Waals surface area (Å²) in [5.41, 5.74) is 2.71. The van der Waals surface area contributed by atoms with Gasteiger partial charge in [-0.15, -0.1) is 5.10 Å². The number of alkyl halides is 3. The second kappa shape index (κ2) is 9.09. The van der Waals surface area contributed by atoms with Crippen LogP contribution in [-0.4, -0.2) is 38.8 Å². The number of rotatable bonds is 4. The highest BCUT2D eigenvalue weighted by Gasteiger charge is 2.30. The van der Waals surface area contributed by atoms with E-state index in [9.17, 15) is 18.0 Å². The summed E-state index contributed by atoms with van der Waals surface area (Å²) in [6.07, 6.45) is -1.42. The van der Waals surface area contributed by atoms with Gasteiger partial charge in [0.05, 0.1) is 16.3 Å². The molecule has 1 amide bonds. The number of aromatic nitrogens is 3. The van der Waals surface area contributed by atoms with Crippen molar-refractivity contribution in [3.05, 3.63) is 63.9 Å². The van der Waals surface area contributed by atoms with E-state index in [1.807, 2.05) is 0 Å². The number of hydrogen-bond donors (Lipinski definition) is 1. The molecule has 1 aliphatic heterocycles. The molecule has 1 saturated heterocycles. The molecule has 32 heavy (non-hydrogen) atoms.